The van der Waals surface area contributed by atoms with Crippen LogP contribution in [0.2, 0.25) is 0 Å². The number of aldehydes is 2. The Kier molecular flexibility index (Phi) is 8.26. The lowest BCUT2D eigenvalue weighted by Gasteiger charge is -2.26. The molecule has 5 rings (SSSR count). The molecule has 2 aromatic heterocycles. The fourth-order valence-corrected chi connectivity index (χ4v) is 5.50. The zero-order valence-electron chi connectivity index (χ0n) is 21.2. The average molecular weight is 548 g/mol. The average Bonchev–Trinajstić information content (AvgIpc) is 3.66. The van der Waals surface area contributed by atoms with Crippen molar-refractivity contribution in [3.8, 4) is 5.75 Å². The summed E-state index contributed by atoms with van der Waals surface area (Å²) in [4.78, 5) is 27.6. The zero-order valence-corrected chi connectivity index (χ0v) is 22.8. The van der Waals surface area contributed by atoms with E-state index < -0.39 is 0 Å². The maximum Gasteiger partial charge on any atom is 0.160 e. The second-order valence-corrected chi connectivity index (χ2v) is 10.9. The van der Waals surface area contributed by atoms with Gasteiger partial charge in [0.2, 0.25) is 0 Å². The van der Waals surface area contributed by atoms with Crippen molar-refractivity contribution in [1.82, 2.24) is 0 Å². The second kappa shape index (κ2) is 12.3. The standard InChI is InChI=1S/C33H25NO3S2/c1-37-29-14-12-28(13-15-29)34(26-8-2-24(3-9-26)6-16-30-18-20-32(22-35)38-30)27-10-4-25(5-11-27)7-17-31-19-21-33(23-36)39-31/h2-23H,1H3. The number of benzene rings is 3. The van der Waals surface area contributed by atoms with Crippen molar-refractivity contribution >= 4 is 76.6 Å². The highest BCUT2D eigenvalue weighted by Gasteiger charge is 2.12. The molecule has 0 aliphatic heterocycles. The van der Waals surface area contributed by atoms with E-state index in [0.717, 1.165) is 66.0 Å². The highest BCUT2D eigenvalue weighted by molar-refractivity contribution is 7.14. The van der Waals surface area contributed by atoms with E-state index in [1.165, 1.54) is 22.7 Å². The van der Waals surface area contributed by atoms with Gasteiger partial charge in [0.15, 0.2) is 12.6 Å². The molecule has 0 amide bonds. The molecule has 4 nitrogen and oxygen atoms in total. The Hall–Kier alpha value is -4.52. The van der Waals surface area contributed by atoms with Gasteiger partial charge < -0.3 is 9.64 Å². The van der Waals surface area contributed by atoms with Crippen molar-refractivity contribution in [2.75, 3.05) is 12.0 Å². The SMILES string of the molecule is COc1ccc(N(c2ccc(C=Cc3ccc(C=O)s3)cc2)c2ccc(C=Cc3ccc(C=O)s3)cc2)cc1. The van der Waals surface area contributed by atoms with Crippen LogP contribution in [0.25, 0.3) is 24.3 Å². The molecule has 0 aliphatic rings. The summed E-state index contributed by atoms with van der Waals surface area (Å²) in [6, 6.07) is 32.3. The minimum absolute atomic E-state index is 0.722. The van der Waals surface area contributed by atoms with Crippen LogP contribution in [0.3, 0.4) is 0 Å². The van der Waals surface area contributed by atoms with E-state index in [0.29, 0.717) is 0 Å². The van der Waals surface area contributed by atoms with Gasteiger partial charge in [-0.3, -0.25) is 9.59 Å². The van der Waals surface area contributed by atoms with E-state index in [9.17, 15) is 9.59 Å². The molecular formula is C33H25NO3S2. The molecule has 6 heteroatoms. The van der Waals surface area contributed by atoms with Gasteiger partial charge in [0.05, 0.1) is 16.9 Å². The fraction of sp³-hybridized carbons (Fsp3) is 0.0303. The van der Waals surface area contributed by atoms with Gasteiger partial charge in [-0.2, -0.15) is 0 Å². The van der Waals surface area contributed by atoms with Crippen molar-refractivity contribution in [2.45, 2.75) is 0 Å². The Morgan fingerprint density at radius 1 is 0.513 bits per heavy atom. The van der Waals surface area contributed by atoms with Crippen molar-refractivity contribution in [3.05, 3.63) is 128 Å². The maximum atomic E-state index is 10.9. The van der Waals surface area contributed by atoms with Crippen molar-refractivity contribution in [1.29, 1.82) is 0 Å². The summed E-state index contributed by atoms with van der Waals surface area (Å²) in [5, 5.41) is 0. The predicted octanol–water partition coefficient (Wildman–Crippen LogP) is 9.25. The number of carbonyl (C=O) groups excluding carboxylic acids is 2. The summed E-state index contributed by atoms with van der Waals surface area (Å²) in [6.45, 7) is 0. The molecule has 0 N–H and O–H groups in total. The Labute approximate surface area is 235 Å². The van der Waals surface area contributed by atoms with Gasteiger partial charge in [-0.15, -0.1) is 22.7 Å². The molecule has 0 saturated heterocycles. The summed E-state index contributed by atoms with van der Waals surface area (Å²) >= 11 is 2.94. The minimum atomic E-state index is 0.722. The van der Waals surface area contributed by atoms with Crippen LogP contribution in [0.1, 0.15) is 40.2 Å². The highest BCUT2D eigenvalue weighted by atomic mass is 32.1. The predicted molar refractivity (Wildman–Crippen MR) is 165 cm³/mol. The first-order valence-corrected chi connectivity index (χ1v) is 13.9. The lowest BCUT2D eigenvalue weighted by Crippen LogP contribution is -2.09. The van der Waals surface area contributed by atoms with Crippen molar-refractivity contribution in [2.24, 2.45) is 0 Å². The quantitative estimate of drug-likeness (QED) is 0.164. The van der Waals surface area contributed by atoms with E-state index in [1.807, 2.05) is 60.7 Å². The van der Waals surface area contributed by atoms with Crippen molar-refractivity contribution < 1.29 is 14.3 Å². The first-order valence-electron chi connectivity index (χ1n) is 12.3. The molecule has 0 fully saturated rings. The van der Waals surface area contributed by atoms with E-state index in [-0.39, 0.29) is 0 Å². The van der Waals surface area contributed by atoms with E-state index in [2.05, 4.69) is 65.6 Å². The van der Waals surface area contributed by atoms with Crippen molar-refractivity contribution in [3.63, 3.8) is 0 Å². The van der Waals surface area contributed by atoms with Gasteiger partial charge in [0, 0.05) is 26.8 Å². The number of hydrogen-bond acceptors (Lipinski definition) is 6. The smallest absolute Gasteiger partial charge is 0.160 e. The Bertz CT molecular complexity index is 1510. The number of carbonyl (C=O) groups is 2. The third-order valence-electron chi connectivity index (χ3n) is 6.04. The molecule has 0 unspecified atom stereocenters. The number of hydrogen-bond donors (Lipinski definition) is 0. The van der Waals surface area contributed by atoms with E-state index in [1.54, 1.807) is 7.11 Å². The van der Waals surface area contributed by atoms with Crippen LogP contribution >= 0.6 is 22.7 Å². The van der Waals surface area contributed by atoms with E-state index in [4.69, 9.17) is 4.74 Å². The number of thiophene rings is 2. The van der Waals surface area contributed by atoms with E-state index >= 15 is 0 Å². The molecule has 5 aromatic rings. The van der Waals surface area contributed by atoms with Crippen LogP contribution in [0.4, 0.5) is 17.1 Å². The monoisotopic (exact) mass is 547 g/mol. The van der Waals surface area contributed by atoms with Crippen LogP contribution in [-0.2, 0) is 0 Å². The molecular weight excluding hydrogens is 523 g/mol. The molecule has 3 aromatic carbocycles. The number of anilines is 3. The second-order valence-electron chi connectivity index (χ2n) is 8.60. The van der Waals surface area contributed by atoms with Crippen LogP contribution in [0.15, 0.2) is 97.1 Å². The van der Waals surface area contributed by atoms with Crippen LogP contribution in [-0.4, -0.2) is 19.7 Å². The van der Waals surface area contributed by atoms with Crippen LogP contribution in [0.5, 0.6) is 5.75 Å². The third-order valence-corrected chi connectivity index (χ3v) is 7.99. The summed E-state index contributed by atoms with van der Waals surface area (Å²) in [5.74, 6) is 0.803. The molecule has 0 radical (unpaired) electrons. The molecule has 0 bridgehead atoms. The molecule has 2 heterocycles. The molecule has 0 saturated carbocycles. The van der Waals surface area contributed by atoms with Gasteiger partial charge in [-0.25, -0.2) is 0 Å². The summed E-state index contributed by atoms with van der Waals surface area (Å²) < 4.78 is 5.37. The summed E-state index contributed by atoms with van der Waals surface area (Å²) in [5.41, 5.74) is 5.21. The number of nitrogens with zero attached hydrogens (tertiary/aromatic N) is 1. The molecule has 0 spiro atoms. The molecule has 192 valence electrons. The van der Waals surface area contributed by atoms with Gasteiger partial charge in [0.1, 0.15) is 5.75 Å². The lowest BCUT2D eigenvalue weighted by atomic mass is 10.1. The topological polar surface area (TPSA) is 46.6 Å². The summed E-state index contributed by atoms with van der Waals surface area (Å²) in [7, 11) is 1.66. The Balaban J connectivity index is 1.41. The lowest BCUT2D eigenvalue weighted by molar-refractivity contribution is 0.111. The molecule has 0 atom stereocenters. The molecule has 39 heavy (non-hydrogen) atoms. The fourth-order valence-electron chi connectivity index (χ4n) is 4.05. The zero-order chi connectivity index (χ0) is 27.0. The normalized spacial score (nSPS) is 11.2. The summed E-state index contributed by atoms with van der Waals surface area (Å²) in [6.07, 6.45) is 9.90. The third kappa shape index (κ3) is 6.49. The first-order chi connectivity index (χ1) is 19.1. The highest BCUT2D eigenvalue weighted by Crippen LogP contribution is 2.36. The van der Waals surface area contributed by atoms with Gasteiger partial charge >= 0.3 is 0 Å². The van der Waals surface area contributed by atoms with Gasteiger partial charge in [-0.1, -0.05) is 36.4 Å². The van der Waals surface area contributed by atoms with Crippen LogP contribution < -0.4 is 9.64 Å². The Morgan fingerprint density at radius 2 is 0.897 bits per heavy atom. The number of rotatable bonds is 10. The Morgan fingerprint density at radius 3 is 1.26 bits per heavy atom. The van der Waals surface area contributed by atoms with Crippen LogP contribution in [0, 0.1) is 0 Å². The first kappa shape index (κ1) is 26.1. The number of ether oxygens (including phenoxy) is 1. The largest absolute Gasteiger partial charge is 0.497 e. The maximum absolute atomic E-state index is 10.9. The molecule has 0 aliphatic carbocycles. The number of methoxy groups -OCH3 is 1. The van der Waals surface area contributed by atoms with Gasteiger partial charge in [0.25, 0.3) is 0 Å². The minimum Gasteiger partial charge on any atom is -0.497 e. The van der Waals surface area contributed by atoms with Gasteiger partial charge in [-0.05, 0) is 96.1 Å².